The highest BCUT2D eigenvalue weighted by Gasteiger charge is 2.40. The molecule has 3 heterocycles. The van der Waals surface area contributed by atoms with E-state index in [1.54, 1.807) is 29.2 Å². The summed E-state index contributed by atoms with van der Waals surface area (Å²) in [7, 11) is 0. The topological polar surface area (TPSA) is 79.1 Å². The van der Waals surface area contributed by atoms with E-state index in [0.717, 1.165) is 11.8 Å². The van der Waals surface area contributed by atoms with Crippen LogP contribution in [0.25, 0.3) is 0 Å². The highest BCUT2D eigenvalue weighted by molar-refractivity contribution is 6.42. The molecule has 1 fully saturated rings. The summed E-state index contributed by atoms with van der Waals surface area (Å²) in [5.74, 6) is -0.697. The number of nitriles is 1. The number of hydrogen-bond acceptors (Lipinski definition) is 5. The summed E-state index contributed by atoms with van der Waals surface area (Å²) in [4.78, 5) is 22.7. The molecule has 2 aromatic heterocycles. The molecule has 0 saturated carbocycles. The second kappa shape index (κ2) is 9.74. The number of likely N-dealkylation sites (tertiary alicyclic amines) is 1. The van der Waals surface area contributed by atoms with Gasteiger partial charge >= 0.3 is 0 Å². The quantitative estimate of drug-likeness (QED) is 0.502. The molecule has 0 unspecified atom stereocenters. The fraction of sp³-hybridized carbons (Fsp3) is 0.250. The average molecular weight is 485 g/mol. The Labute approximate surface area is 200 Å². The highest BCUT2D eigenvalue weighted by atomic mass is 35.5. The van der Waals surface area contributed by atoms with Crippen LogP contribution in [0.3, 0.4) is 0 Å². The Bertz CT molecular complexity index is 1220. The van der Waals surface area contributed by atoms with Crippen molar-refractivity contribution in [1.29, 1.82) is 5.26 Å². The van der Waals surface area contributed by atoms with Crippen molar-refractivity contribution in [3.8, 4) is 11.9 Å². The number of hydrogen-bond donors (Lipinski definition) is 0. The lowest BCUT2D eigenvalue weighted by Gasteiger charge is -2.25. The lowest BCUT2D eigenvalue weighted by Crippen LogP contribution is -2.32. The van der Waals surface area contributed by atoms with Gasteiger partial charge in [0, 0.05) is 43.4 Å². The Balaban J connectivity index is 1.61. The molecule has 0 N–H and O–H groups in total. The van der Waals surface area contributed by atoms with Gasteiger partial charge in [-0.05, 0) is 36.8 Å². The number of pyridine rings is 2. The molecule has 0 radical (unpaired) electrons. The van der Waals surface area contributed by atoms with Crippen molar-refractivity contribution in [2.45, 2.75) is 18.9 Å². The van der Waals surface area contributed by atoms with Crippen LogP contribution in [-0.4, -0.2) is 40.0 Å². The number of ether oxygens (including phenoxy) is 1. The Morgan fingerprint density at radius 2 is 2.00 bits per heavy atom. The number of amides is 1. The van der Waals surface area contributed by atoms with Gasteiger partial charge in [-0.25, -0.2) is 9.37 Å². The Kier molecular flexibility index (Phi) is 6.77. The minimum Gasteiger partial charge on any atom is -0.474 e. The van der Waals surface area contributed by atoms with Gasteiger partial charge in [0.15, 0.2) is 0 Å². The lowest BCUT2D eigenvalue weighted by molar-refractivity contribution is 0.0768. The standard InChI is InChI=1S/C24H19Cl2FN4O2/c1-14(33-23-5-2-15(8-28)9-30-23)19-12-31(24(32)17-6-18(27)11-29-10-17)13-20(19)16-3-4-21(25)22(26)7-16/h2-7,9-11,14,19-20H,12-13H2,1H3/t14-,19+,20+/m0/s1. The van der Waals surface area contributed by atoms with E-state index in [1.165, 1.54) is 18.5 Å². The SMILES string of the molecule is C[C@H](Oc1ccc(C#N)cn1)[C@H]1CN(C(=O)c2cncc(F)c2)C[C@@H]1c1ccc(Cl)c(Cl)c1. The molecule has 4 rings (SSSR count). The summed E-state index contributed by atoms with van der Waals surface area (Å²) in [6.45, 7) is 2.69. The maximum atomic E-state index is 13.6. The van der Waals surface area contributed by atoms with Crippen LogP contribution in [0.4, 0.5) is 4.39 Å². The monoisotopic (exact) mass is 484 g/mol. The van der Waals surface area contributed by atoms with Crippen molar-refractivity contribution in [2.24, 2.45) is 5.92 Å². The summed E-state index contributed by atoms with van der Waals surface area (Å²) in [6.07, 6.45) is 3.53. The van der Waals surface area contributed by atoms with E-state index in [2.05, 4.69) is 9.97 Å². The molecule has 0 bridgehead atoms. The molecule has 3 atom stereocenters. The van der Waals surface area contributed by atoms with Crippen molar-refractivity contribution in [3.63, 3.8) is 0 Å². The Morgan fingerprint density at radius 3 is 2.67 bits per heavy atom. The second-order valence-corrected chi connectivity index (χ2v) is 8.68. The summed E-state index contributed by atoms with van der Waals surface area (Å²) in [5, 5.41) is 9.83. The minimum absolute atomic E-state index is 0.0985. The van der Waals surface area contributed by atoms with Crippen LogP contribution in [0, 0.1) is 23.1 Å². The Morgan fingerprint density at radius 1 is 1.18 bits per heavy atom. The maximum Gasteiger partial charge on any atom is 0.255 e. The first-order valence-corrected chi connectivity index (χ1v) is 11.0. The van der Waals surface area contributed by atoms with Crippen LogP contribution >= 0.6 is 23.2 Å². The summed E-state index contributed by atoms with van der Waals surface area (Å²) >= 11 is 12.4. The van der Waals surface area contributed by atoms with Crippen LogP contribution in [0.2, 0.25) is 10.0 Å². The number of nitrogens with zero attached hydrogens (tertiary/aromatic N) is 4. The minimum atomic E-state index is -0.568. The average Bonchev–Trinajstić information content (AvgIpc) is 3.26. The predicted molar refractivity (Wildman–Crippen MR) is 122 cm³/mol. The van der Waals surface area contributed by atoms with Gasteiger partial charge in [0.05, 0.1) is 27.4 Å². The highest BCUT2D eigenvalue weighted by Crippen LogP contribution is 2.38. The molecule has 168 valence electrons. The third-order valence-corrected chi connectivity index (χ3v) is 6.49. The Hall–Kier alpha value is -3.21. The van der Waals surface area contributed by atoms with E-state index in [9.17, 15) is 9.18 Å². The predicted octanol–water partition coefficient (Wildman–Crippen LogP) is 5.12. The van der Waals surface area contributed by atoms with E-state index in [1.807, 2.05) is 19.1 Å². The molecule has 3 aromatic rings. The van der Waals surface area contributed by atoms with E-state index in [4.69, 9.17) is 33.2 Å². The van der Waals surface area contributed by atoms with Gasteiger partial charge in [-0.15, -0.1) is 0 Å². The number of benzene rings is 1. The number of rotatable bonds is 5. The van der Waals surface area contributed by atoms with E-state index >= 15 is 0 Å². The zero-order chi connectivity index (χ0) is 23.5. The van der Waals surface area contributed by atoms with Crippen molar-refractivity contribution in [3.05, 3.63) is 87.5 Å². The molecule has 1 aliphatic rings. The van der Waals surface area contributed by atoms with Crippen molar-refractivity contribution >= 4 is 29.1 Å². The largest absolute Gasteiger partial charge is 0.474 e. The third kappa shape index (κ3) is 5.08. The molecule has 9 heteroatoms. The molecule has 1 aromatic carbocycles. The molecule has 1 saturated heterocycles. The summed E-state index contributed by atoms with van der Waals surface area (Å²) in [6, 6.07) is 11.9. The van der Waals surface area contributed by atoms with Gasteiger partial charge in [-0.3, -0.25) is 9.78 Å². The molecule has 0 aliphatic carbocycles. The molecule has 1 amide bonds. The van der Waals surface area contributed by atoms with Crippen LogP contribution in [0.1, 0.15) is 34.3 Å². The number of halogens is 3. The smallest absolute Gasteiger partial charge is 0.255 e. The first kappa shape index (κ1) is 23.0. The molecule has 1 aliphatic heterocycles. The zero-order valence-corrected chi connectivity index (χ0v) is 19.1. The fourth-order valence-electron chi connectivity index (χ4n) is 4.07. The van der Waals surface area contributed by atoms with E-state index in [0.29, 0.717) is 34.6 Å². The van der Waals surface area contributed by atoms with E-state index < -0.39 is 5.82 Å². The van der Waals surface area contributed by atoms with Gasteiger partial charge in [-0.2, -0.15) is 5.26 Å². The van der Waals surface area contributed by atoms with Gasteiger partial charge in [0.2, 0.25) is 5.88 Å². The number of carbonyl (C=O) groups excluding carboxylic acids is 1. The van der Waals surface area contributed by atoms with Gasteiger partial charge < -0.3 is 9.64 Å². The number of aromatic nitrogens is 2. The van der Waals surface area contributed by atoms with Crippen LogP contribution in [0.5, 0.6) is 5.88 Å². The molecule has 0 spiro atoms. The molecular weight excluding hydrogens is 466 g/mol. The third-order valence-electron chi connectivity index (χ3n) is 5.75. The summed E-state index contributed by atoms with van der Waals surface area (Å²) < 4.78 is 19.7. The first-order chi connectivity index (χ1) is 15.9. The second-order valence-electron chi connectivity index (χ2n) is 7.87. The number of carbonyl (C=O) groups is 1. The first-order valence-electron chi connectivity index (χ1n) is 10.2. The molecule has 33 heavy (non-hydrogen) atoms. The fourth-order valence-corrected chi connectivity index (χ4v) is 4.38. The van der Waals surface area contributed by atoms with Crippen molar-refractivity contribution in [2.75, 3.05) is 13.1 Å². The normalized spacial score (nSPS) is 18.6. The molecule has 6 nitrogen and oxygen atoms in total. The zero-order valence-electron chi connectivity index (χ0n) is 17.6. The van der Waals surface area contributed by atoms with Gasteiger partial charge in [-0.1, -0.05) is 29.3 Å². The van der Waals surface area contributed by atoms with Crippen LogP contribution < -0.4 is 4.74 Å². The van der Waals surface area contributed by atoms with E-state index in [-0.39, 0.29) is 29.4 Å². The van der Waals surface area contributed by atoms with Crippen LogP contribution in [-0.2, 0) is 0 Å². The molecular formula is C24H19Cl2FN4O2. The summed E-state index contributed by atoms with van der Waals surface area (Å²) in [5.41, 5.74) is 1.54. The lowest BCUT2D eigenvalue weighted by atomic mass is 9.86. The van der Waals surface area contributed by atoms with Crippen LogP contribution in [0.15, 0.2) is 55.0 Å². The van der Waals surface area contributed by atoms with Crippen molar-refractivity contribution < 1.29 is 13.9 Å². The van der Waals surface area contributed by atoms with Crippen molar-refractivity contribution in [1.82, 2.24) is 14.9 Å². The van der Waals surface area contributed by atoms with Gasteiger partial charge in [0.1, 0.15) is 18.0 Å². The maximum absolute atomic E-state index is 13.6. The van der Waals surface area contributed by atoms with Gasteiger partial charge in [0.25, 0.3) is 5.91 Å².